The molecule has 0 radical (unpaired) electrons. The zero-order chi connectivity index (χ0) is 8.85. The minimum atomic E-state index is -1.22. The van der Waals surface area contributed by atoms with Gasteiger partial charge in [-0.1, -0.05) is 6.92 Å². The Balaban J connectivity index is -0.000000500. The molecule has 0 spiro atoms. The first kappa shape index (κ1) is 19.5. The van der Waals surface area contributed by atoms with Crippen LogP contribution in [0.2, 0.25) is 0 Å². The normalized spacial score (nSPS) is 10.5. The summed E-state index contributed by atoms with van der Waals surface area (Å²) >= 11 is 0. The van der Waals surface area contributed by atoms with Crippen molar-refractivity contribution in [2.24, 2.45) is 5.92 Å². The van der Waals surface area contributed by atoms with E-state index in [1.807, 2.05) is 0 Å². The van der Waals surface area contributed by atoms with E-state index in [-0.39, 0.29) is 72.0 Å². The average Bonchev–Trinajstić information content (AvgIpc) is 1.87. The Morgan fingerprint density at radius 2 is 1.69 bits per heavy atom. The van der Waals surface area contributed by atoms with Gasteiger partial charge in [-0.2, -0.15) is 0 Å². The largest absolute Gasteiger partial charge is 1.00 e. The number of carbonyl (C=O) groups is 2. The quantitative estimate of drug-likeness (QED) is 0.416. The Kier molecular flexibility index (Phi) is 16.5. The van der Waals surface area contributed by atoms with Crippen LogP contribution in [0.5, 0.6) is 0 Å². The number of carbonyl (C=O) groups excluding carboxylic acids is 2. The fourth-order valence-corrected chi connectivity index (χ4v) is 0.781. The van der Waals surface area contributed by atoms with Crippen LogP contribution >= 0.6 is 0 Å². The van der Waals surface area contributed by atoms with Gasteiger partial charge in [0.05, 0.1) is 0 Å². The van der Waals surface area contributed by atoms with E-state index in [9.17, 15) is 19.8 Å². The van der Waals surface area contributed by atoms with Crippen molar-refractivity contribution in [2.45, 2.75) is 26.2 Å². The van der Waals surface area contributed by atoms with Gasteiger partial charge in [0.15, 0.2) is 0 Å². The van der Waals surface area contributed by atoms with Gasteiger partial charge in [0.2, 0.25) is 0 Å². The van der Waals surface area contributed by atoms with Crippen LogP contribution in [-0.4, -0.2) is 11.9 Å². The first-order valence-corrected chi connectivity index (χ1v) is 3.48. The van der Waals surface area contributed by atoms with E-state index in [1.54, 1.807) is 6.92 Å². The smallest absolute Gasteiger partial charge is 0.550 e. The molecule has 4 nitrogen and oxygen atoms in total. The minimum absolute atomic E-state index is 0. The summed E-state index contributed by atoms with van der Waals surface area (Å²) in [6.45, 7) is 1.68. The van der Waals surface area contributed by atoms with Crippen LogP contribution < -0.4 is 69.3 Å². The van der Waals surface area contributed by atoms with E-state index >= 15 is 0 Å². The van der Waals surface area contributed by atoms with Crippen LogP contribution in [0.4, 0.5) is 0 Å². The Hall–Kier alpha value is 0.940. The molecule has 0 aromatic carbocycles. The monoisotopic (exact) mass is 204 g/mol. The maximum Gasteiger partial charge on any atom is 1.00 e. The third kappa shape index (κ3) is 10.9. The van der Waals surface area contributed by atoms with Crippen molar-refractivity contribution in [3.63, 3.8) is 0 Å². The molecule has 0 aliphatic rings. The van der Waals surface area contributed by atoms with Crippen molar-refractivity contribution in [3.05, 3.63) is 0 Å². The second-order valence-electron chi connectivity index (χ2n) is 2.33. The molecule has 0 saturated heterocycles. The molecule has 0 fully saturated rings. The van der Waals surface area contributed by atoms with Crippen LogP contribution in [0.1, 0.15) is 26.2 Å². The van der Waals surface area contributed by atoms with Gasteiger partial charge in [-0.15, -0.1) is 0 Å². The molecule has 13 heavy (non-hydrogen) atoms. The number of aliphatic carboxylic acids is 2. The molecule has 0 heterocycles. The summed E-state index contributed by atoms with van der Waals surface area (Å²) in [7, 11) is 0. The molecule has 0 aliphatic carbocycles. The van der Waals surface area contributed by atoms with Gasteiger partial charge in [0.25, 0.3) is 0 Å². The van der Waals surface area contributed by atoms with Crippen LogP contribution in [0.15, 0.2) is 0 Å². The maximum atomic E-state index is 10.2. The predicted molar refractivity (Wildman–Crippen MR) is 33.0 cm³/mol. The molecular weight excluding hydrogens is 194 g/mol. The second kappa shape index (κ2) is 11.0. The third-order valence-electron chi connectivity index (χ3n) is 1.52. The molecule has 0 aliphatic heterocycles. The zero-order valence-corrected chi connectivity index (χ0v) is 12.3. The molecular formula is C7H10Na2O4. The van der Waals surface area contributed by atoms with Crippen molar-refractivity contribution < 1.29 is 78.9 Å². The molecule has 0 aromatic rings. The summed E-state index contributed by atoms with van der Waals surface area (Å²) in [5.74, 6) is -3.06. The molecule has 0 rings (SSSR count). The van der Waals surface area contributed by atoms with Gasteiger partial charge in [-0.05, 0) is 25.2 Å². The summed E-state index contributed by atoms with van der Waals surface area (Å²) in [4.78, 5) is 20.1. The van der Waals surface area contributed by atoms with Crippen molar-refractivity contribution >= 4 is 11.9 Å². The van der Waals surface area contributed by atoms with Gasteiger partial charge in [-0.3, -0.25) is 0 Å². The Morgan fingerprint density at radius 1 is 1.23 bits per heavy atom. The molecule has 0 unspecified atom stereocenters. The Labute approximate surface area is 122 Å². The fraction of sp³-hybridized carbons (Fsp3) is 0.714. The number of hydrogen-bond acceptors (Lipinski definition) is 4. The molecule has 1 atom stereocenters. The average molecular weight is 204 g/mol. The minimum Gasteiger partial charge on any atom is -0.550 e. The molecule has 6 heteroatoms. The Bertz CT molecular complexity index is 161. The van der Waals surface area contributed by atoms with E-state index < -0.39 is 17.9 Å². The van der Waals surface area contributed by atoms with Crippen molar-refractivity contribution in [3.8, 4) is 0 Å². The zero-order valence-electron chi connectivity index (χ0n) is 8.33. The van der Waals surface area contributed by atoms with E-state index in [0.717, 1.165) is 0 Å². The van der Waals surface area contributed by atoms with Crippen molar-refractivity contribution in [1.82, 2.24) is 0 Å². The van der Waals surface area contributed by atoms with E-state index in [2.05, 4.69) is 0 Å². The summed E-state index contributed by atoms with van der Waals surface area (Å²) < 4.78 is 0. The van der Waals surface area contributed by atoms with Crippen LogP contribution in [-0.2, 0) is 9.59 Å². The van der Waals surface area contributed by atoms with Gasteiger partial charge in [-0.25, -0.2) is 0 Å². The fourth-order valence-electron chi connectivity index (χ4n) is 0.781. The number of carboxylic acid groups (broad SMARTS) is 2. The first-order chi connectivity index (χ1) is 5.07. The van der Waals surface area contributed by atoms with E-state index in [1.165, 1.54) is 0 Å². The summed E-state index contributed by atoms with van der Waals surface area (Å²) in [5.41, 5.74) is 0. The van der Waals surface area contributed by atoms with Crippen LogP contribution in [0.3, 0.4) is 0 Å². The van der Waals surface area contributed by atoms with Gasteiger partial charge < -0.3 is 19.8 Å². The molecule has 0 bridgehead atoms. The number of rotatable bonds is 5. The van der Waals surface area contributed by atoms with E-state index in [0.29, 0.717) is 6.42 Å². The molecule has 0 aromatic heterocycles. The second-order valence-corrected chi connectivity index (χ2v) is 2.33. The standard InChI is InChI=1S/C7H12O4.2Na/c1-2-5(7(10)11)3-4-6(8)9;;/h5H,2-4H2,1H3,(H,8,9)(H,10,11);;/q;2*+1/p-2/t5-;;/m0../s1. The summed E-state index contributed by atoms with van der Waals surface area (Å²) in [6, 6.07) is 0. The van der Waals surface area contributed by atoms with Gasteiger partial charge >= 0.3 is 59.1 Å². The number of carboxylic acids is 2. The van der Waals surface area contributed by atoms with Crippen LogP contribution in [0.25, 0.3) is 0 Å². The topological polar surface area (TPSA) is 80.3 Å². The van der Waals surface area contributed by atoms with Gasteiger partial charge in [0, 0.05) is 11.9 Å². The molecule has 64 valence electrons. The predicted octanol–water partition coefficient (Wildman–Crippen LogP) is -7.70. The molecule has 0 amide bonds. The van der Waals surface area contributed by atoms with E-state index in [4.69, 9.17) is 0 Å². The first-order valence-electron chi connectivity index (χ1n) is 3.48. The summed E-state index contributed by atoms with van der Waals surface area (Å²) in [6.07, 6.45) is 0.281. The van der Waals surface area contributed by atoms with Crippen LogP contribution in [0, 0.1) is 5.92 Å². The van der Waals surface area contributed by atoms with Gasteiger partial charge in [0.1, 0.15) is 0 Å². The number of hydrogen-bond donors (Lipinski definition) is 0. The molecule has 0 N–H and O–H groups in total. The SMILES string of the molecule is CC[C@@H](CCC(=O)[O-])C(=O)[O-].[Na+].[Na+]. The maximum absolute atomic E-state index is 10.2. The van der Waals surface area contributed by atoms with Crippen molar-refractivity contribution in [1.29, 1.82) is 0 Å². The summed E-state index contributed by atoms with van der Waals surface area (Å²) in [5, 5.41) is 20.1. The van der Waals surface area contributed by atoms with Crippen molar-refractivity contribution in [2.75, 3.05) is 0 Å². The third-order valence-corrected chi connectivity index (χ3v) is 1.52. The molecule has 0 saturated carbocycles. The Morgan fingerprint density at radius 3 is 1.92 bits per heavy atom.